The fourth-order valence-corrected chi connectivity index (χ4v) is 2.63. The van der Waals surface area contributed by atoms with Crippen LogP contribution in [0.4, 0.5) is 0 Å². The Morgan fingerprint density at radius 2 is 1.63 bits per heavy atom. The van der Waals surface area contributed by atoms with Gasteiger partial charge in [0.05, 0.1) is 0 Å². The van der Waals surface area contributed by atoms with Gasteiger partial charge in [0, 0.05) is 0 Å². The molecule has 2 aromatic rings. The molecule has 1 N–H and O–H groups in total. The first-order valence-corrected chi connectivity index (χ1v) is 6.84. The van der Waals surface area contributed by atoms with E-state index in [0.29, 0.717) is 11.7 Å². The SMILES string of the molecule is Cc1ccc(C(C)Cc2ccccc2O)c(C)c1C. The summed E-state index contributed by atoms with van der Waals surface area (Å²) in [5.74, 6) is 0.809. The van der Waals surface area contributed by atoms with Crippen molar-refractivity contribution in [3.63, 3.8) is 0 Å². The summed E-state index contributed by atoms with van der Waals surface area (Å²) < 4.78 is 0. The average molecular weight is 254 g/mol. The van der Waals surface area contributed by atoms with Gasteiger partial charge < -0.3 is 5.11 Å². The summed E-state index contributed by atoms with van der Waals surface area (Å²) in [5, 5.41) is 9.87. The van der Waals surface area contributed by atoms with E-state index in [4.69, 9.17) is 0 Å². The van der Waals surface area contributed by atoms with Crippen LogP contribution in [0.2, 0.25) is 0 Å². The molecule has 0 saturated heterocycles. The van der Waals surface area contributed by atoms with Crippen molar-refractivity contribution in [3.05, 3.63) is 64.2 Å². The molecule has 1 heteroatoms. The Morgan fingerprint density at radius 3 is 2.32 bits per heavy atom. The molecule has 1 nitrogen and oxygen atoms in total. The van der Waals surface area contributed by atoms with Crippen molar-refractivity contribution in [2.45, 2.75) is 40.0 Å². The summed E-state index contributed by atoms with van der Waals surface area (Å²) in [6.45, 7) is 8.75. The van der Waals surface area contributed by atoms with Gasteiger partial charge in [0.2, 0.25) is 0 Å². The molecule has 0 aliphatic rings. The predicted molar refractivity (Wildman–Crippen MR) is 80.9 cm³/mol. The van der Waals surface area contributed by atoms with E-state index >= 15 is 0 Å². The Morgan fingerprint density at radius 1 is 0.947 bits per heavy atom. The first-order valence-electron chi connectivity index (χ1n) is 6.84. The zero-order valence-electron chi connectivity index (χ0n) is 12.2. The third kappa shape index (κ3) is 2.81. The molecule has 0 bridgehead atoms. The highest BCUT2D eigenvalue weighted by Crippen LogP contribution is 2.29. The van der Waals surface area contributed by atoms with Crippen LogP contribution in [0.1, 0.15) is 40.7 Å². The van der Waals surface area contributed by atoms with E-state index in [2.05, 4.69) is 39.8 Å². The van der Waals surface area contributed by atoms with Gasteiger partial charge in [-0.25, -0.2) is 0 Å². The third-order valence-corrected chi connectivity index (χ3v) is 4.15. The molecule has 0 heterocycles. The third-order valence-electron chi connectivity index (χ3n) is 4.15. The van der Waals surface area contributed by atoms with E-state index in [9.17, 15) is 5.11 Å². The molecular formula is C18H22O. The maximum atomic E-state index is 9.87. The van der Waals surface area contributed by atoms with Gasteiger partial charge in [0.15, 0.2) is 0 Å². The first kappa shape index (κ1) is 13.7. The van der Waals surface area contributed by atoms with Crippen LogP contribution in [0, 0.1) is 20.8 Å². The smallest absolute Gasteiger partial charge is 0.118 e. The van der Waals surface area contributed by atoms with Gasteiger partial charge in [-0.3, -0.25) is 0 Å². The maximum Gasteiger partial charge on any atom is 0.118 e. The Labute approximate surface area is 115 Å². The minimum absolute atomic E-state index is 0.399. The molecule has 0 saturated carbocycles. The van der Waals surface area contributed by atoms with E-state index in [1.54, 1.807) is 6.07 Å². The first-order chi connectivity index (χ1) is 9.00. The average Bonchev–Trinajstić information content (AvgIpc) is 2.39. The summed E-state index contributed by atoms with van der Waals surface area (Å²) in [5.41, 5.74) is 6.50. The lowest BCUT2D eigenvalue weighted by Crippen LogP contribution is -2.03. The van der Waals surface area contributed by atoms with Crippen LogP contribution in [-0.4, -0.2) is 5.11 Å². The number of hydrogen-bond acceptors (Lipinski definition) is 1. The van der Waals surface area contributed by atoms with E-state index in [0.717, 1.165) is 12.0 Å². The van der Waals surface area contributed by atoms with E-state index in [-0.39, 0.29) is 0 Å². The van der Waals surface area contributed by atoms with Crippen molar-refractivity contribution >= 4 is 0 Å². The molecule has 0 amide bonds. The van der Waals surface area contributed by atoms with Gasteiger partial charge in [0.1, 0.15) is 5.75 Å². The molecule has 100 valence electrons. The monoisotopic (exact) mass is 254 g/mol. The fraction of sp³-hybridized carbons (Fsp3) is 0.333. The van der Waals surface area contributed by atoms with E-state index in [1.165, 1.54) is 22.3 Å². The van der Waals surface area contributed by atoms with Crippen molar-refractivity contribution in [2.24, 2.45) is 0 Å². The topological polar surface area (TPSA) is 20.2 Å². The number of phenols is 1. The Bertz CT molecular complexity index is 584. The van der Waals surface area contributed by atoms with Gasteiger partial charge in [-0.1, -0.05) is 37.3 Å². The minimum Gasteiger partial charge on any atom is -0.508 e. The standard InChI is InChI=1S/C18H22O/c1-12-9-10-17(15(4)14(12)3)13(2)11-16-7-5-6-8-18(16)19/h5-10,13,19H,11H2,1-4H3. The van der Waals surface area contributed by atoms with Crippen molar-refractivity contribution in [1.29, 1.82) is 0 Å². The summed E-state index contributed by atoms with van der Waals surface area (Å²) in [7, 11) is 0. The van der Waals surface area contributed by atoms with Crippen molar-refractivity contribution in [2.75, 3.05) is 0 Å². The maximum absolute atomic E-state index is 9.87. The molecule has 1 unspecified atom stereocenters. The summed E-state index contributed by atoms with van der Waals surface area (Å²) in [4.78, 5) is 0. The van der Waals surface area contributed by atoms with Gasteiger partial charge in [-0.05, 0) is 67.0 Å². The molecule has 0 aliphatic heterocycles. The van der Waals surface area contributed by atoms with Crippen LogP contribution >= 0.6 is 0 Å². The van der Waals surface area contributed by atoms with Gasteiger partial charge in [-0.15, -0.1) is 0 Å². The van der Waals surface area contributed by atoms with Crippen molar-refractivity contribution in [3.8, 4) is 5.75 Å². The molecule has 2 rings (SSSR count). The van der Waals surface area contributed by atoms with Crippen LogP contribution in [0.25, 0.3) is 0 Å². The zero-order valence-corrected chi connectivity index (χ0v) is 12.2. The van der Waals surface area contributed by atoms with Crippen LogP contribution < -0.4 is 0 Å². The van der Waals surface area contributed by atoms with Gasteiger partial charge >= 0.3 is 0 Å². The minimum atomic E-state index is 0.399. The number of aryl methyl sites for hydroxylation is 1. The fourth-order valence-electron chi connectivity index (χ4n) is 2.63. The lowest BCUT2D eigenvalue weighted by molar-refractivity contribution is 0.466. The summed E-state index contributed by atoms with van der Waals surface area (Å²) >= 11 is 0. The number of hydrogen-bond donors (Lipinski definition) is 1. The lowest BCUT2D eigenvalue weighted by Gasteiger charge is -2.18. The Hall–Kier alpha value is -1.76. The molecule has 2 aromatic carbocycles. The summed E-state index contributed by atoms with van der Waals surface area (Å²) in [6, 6.07) is 12.0. The van der Waals surface area contributed by atoms with Gasteiger partial charge in [0.25, 0.3) is 0 Å². The number of rotatable bonds is 3. The van der Waals surface area contributed by atoms with Crippen molar-refractivity contribution < 1.29 is 5.11 Å². The van der Waals surface area contributed by atoms with Crippen LogP contribution in [-0.2, 0) is 6.42 Å². The Kier molecular flexibility index (Phi) is 3.94. The Balaban J connectivity index is 2.28. The predicted octanol–water partition coefficient (Wildman–Crippen LogP) is 4.66. The highest BCUT2D eigenvalue weighted by molar-refractivity contribution is 5.42. The number of phenolic OH excluding ortho intramolecular Hbond substituents is 1. The van der Waals surface area contributed by atoms with E-state index in [1.807, 2.05) is 18.2 Å². The second kappa shape index (κ2) is 5.48. The highest BCUT2D eigenvalue weighted by Gasteiger charge is 2.13. The number of para-hydroxylation sites is 1. The number of aromatic hydroxyl groups is 1. The quantitative estimate of drug-likeness (QED) is 0.844. The van der Waals surface area contributed by atoms with Gasteiger partial charge in [-0.2, -0.15) is 0 Å². The molecule has 0 spiro atoms. The molecule has 19 heavy (non-hydrogen) atoms. The van der Waals surface area contributed by atoms with Crippen LogP contribution in [0.15, 0.2) is 36.4 Å². The lowest BCUT2D eigenvalue weighted by atomic mass is 9.87. The molecule has 1 atom stereocenters. The normalized spacial score (nSPS) is 12.4. The largest absolute Gasteiger partial charge is 0.508 e. The highest BCUT2D eigenvalue weighted by atomic mass is 16.3. The second-order valence-corrected chi connectivity index (χ2v) is 5.46. The zero-order chi connectivity index (χ0) is 14.0. The molecule has 0 radical (unpaired) electrons. The molecule has 0 aromatic heterocycles. The van der Waals surface area contributed by atoms with Crippen LogP contribution in [0.5, 0.6) is 5.75 Å². The number of benzene rings is 2. The molecular weight excluding hydrogens is 232 g/mol. The summed E-state index contributed by atoms with van der Waals surface area (Å²) in [6.07, 6.45) is 0.871. The molecule has 0 fully saturated rings. The second-order valence-electron chi connectivity index (χ2n) is 5.46. The van der Waals surface area contributed by atoms with Crippen molar-refractivity contribution in [1.82, 2.24) is 0 Å². The van der Waals surface area contributed by atoms with E-state index < -0.39 is 0 Å². The van der Waals surface area contributed by atoms with Crippen LogP contribution in [0.3, 0.4) is 0 Å². The molecule has 0 aliphatic carbocycles.